The van der Waals surface area contributed by atoms with Gasteiger partial charge in [-0.25, -0.2) is 24.9 Å². The summed E-state index contributed by atoms with van der Waals surface area (Å²) in [6.07, 6.45) is 4.59. The van der Waals surface area contributed by atoms with E-state index in [-0.39, 0.29) is 23.8 Å². The van der Waals surface area contributed by atoms with E-state index in [0.717, 1.165) is 33.7 Å². The van der Waals surface area contributed by atoms with Crippen molar-refractivity contribution in [3.05, 3.63) is 83.2 Å². The van der Waals surface area contributed by atoms with Gasteiger partial charge >= 0.3 is 0 Å². The molecule has 2 aromatic carbocycles. The first-order valence-electron chi connectivity index (χ1n) is 14.8. The molecule has 0 saturated carbocycles. The Morgan fingerprint density at radius 3 is 2.52 bits per heavy atom. The second-order valence-corrected chi connectivity index (χ2v) is 11.0. The molecule has 244 valence electrons. The summed E-state index contributed by atoms with van der Waals surface area (Å²) in [6.45, 7) is 1.41. The molecule has 6 N–H and O–H groups in total. The molecule has 15 nitrogen and oxygen atoms in total. The number of ether oxygens (including phenoxy) is 1. The van der Waals surface area contributed by atoms with Gasteiger partial charge in [-0.05, 0) is 55.0 Å². The monoisotopic (exact) mass is 667 g/mol. The number of amides is 2. The van der Waals surface area contributed by atoms with Crippen molar-refractivity contribution >= 4 is 74.1 Å². The van der Waals surface area contributed by atoms with Gasteiger partial charge in [0.25, 0.3) is 11.8 Å². The van der Waals surface area contributed by atoms with Crippen molar-refractivity contribution in [2.75, 3.05) is 37.8 Å². The summed E-state index contributed by atoms with van der Waals surface area (Å²) in [5, 5.41) is 23.6. The smallest absolute Gasteiger partial charge is 0.269 e. The lowest BCUT2D eigenvalue weighted by Gasteiger charge is -2.14. The van der Waals surface area contributed by atoms with E-state index in [2.05, 4.69) is 41.0 Å². The van der Waals surface area contributed by atoms with Crippen molar-refractivity contribution in [1.29, 1.82) is 0 Å². The van der Waals surface area contributed by atoms with E-state index in [1.54, 1.807) is 18.0 Å². The molecule has 2 amide bonds. The summed E-state index contributed by atoms with van der Waals surface area (Å²) >= 11 is 6.24. The molecular weight excluding hydrogens is 638 g/mol. The highest BCUT2D eigenvalue weighted by atomic mass is 35.5. The fourth-order valence-corrected chi connectivity index (χ4v) is 5.34. The number of halogens is 1. The number of nitrogen functional groups attached to an aromatic ring is 1. The van der Waals surface area contributed by atoms with Crippen LogP contribution >= 0.6 is 11.6 Å². The maximum atomic E-state index is 13.1. The summed E-state index contributed by atoms with van der Waals surface area (Å²) in [5.41, 5.74) is 9.56. The number of nitrogens with one attached hydrogen (secondary N) is 3. The number of anilines is 2. The van der Waals surface area contributed by atoms with E-state index < -0.39 is 11.8 Å². The van der Waals surface area contributed by atoms with Crippen LogP contribution in [0.4, 0.5) is 11.5 Å². The molecule has 0 unspecified atom stereocenters. The van der Waals surface area contributed by atoms with Crippen molar-refractivity contribution in [3.63, 3.8) is 0 Å². The van der Waals surface area contributed by atoms with E-state index in [1.807, 2.05) is 36.4 Å². The minimum Gasteiger partial charge on any atom is -0.497 e. The number of hydrogen-bond acceptors (Lipinski definition) is 12. The molecule has 0 aliphatic heterocycles. The number of carbonyl (C=O) groups excluding carboxylic acids is 2. The minimum atomic E-state index is -0.519. The summed E-state index contributed by atoms with van der Waals surface area (Å²) < 4.78 is 7.16. The fraction of sp³-hybridized carbons (Fsp3) is 0.188. The van der Waals surface area contributed by atoms with E-state index in [4.69, 9.17) is 32.3 Å². The zero-order valence-corrected chi connectivity index (χ0v) is 26.4. The van der Waals surface area contributed by atoms with Gasteiger partial charge in [-0.15, -0.1) is 0 Å². The third-order valence-corrected chi connectivity index (χ3v) is 7.71. The Morgan fingerprint density at radius 2 is 1.75 bits per heavy atom. The van der Waals surface area contributed by atoms with Crippen LogP contribution in [0.5, 0.6) is 5.75 Å². The molecule has 48 heavy (non-hydrogen) atoms. The Balaban J connectivity index is 1.08. The largest absolute Gasteiger partial charge is 0.497 e. The van der Waals surface area contributed by atoms with Crippen LogP contribution < -0.4 is 26.4 Å². The molecule has 0 bridgehead atoms. The van der Waals surface area contributed by atoms with Crippen LogP contribution in [0.3, 0.4) is 0 Å². The van der Waals surface area contributed by atoms with Crippen LogP contribution in [0.25, 0.3) is 33.0 Å². The van der Waals surface area contributed by atoms with Crippen molar-refractivity contribution < 1.29 is 19.5 Å². The molecule has 0 fully saturated rings. The maximum absolute atomic E-state index is 13.1. The van der Waals surface area contributed by atoms with E-state index in [0.29, 0.717) is 53.6 Å². The molecule has 0 saturated heterocycles. The molecule has 4 heterocycles. The van der Waals surface area contributed by atoms with Crippen LogP contribution in [0, 0.1) is 0 Å². The molecule has 0 spiro atoms. The SMILES string of the molecule is COc1ccc2nc3cc(Cl)ccc3c(NCCCNC(=O)c3cc(/C=N/O)cc(C(=O)NCCn4cnc5c(N)ncnc54)n3)c2c1. The van der Waals surface area contributed by atoms with Crippen molar-refractivity contribution in [2.24, 2.45) is 5.16 Å². The Hall–Kier alpha value is -6.09. The predicted octanol–water partition coefficient (Wildman–Crippen LogP) is 3.64. The van der Waals surface area contributed by atoms with Gasteiger partial charge in [-0.2, -0.15) is 0 Å². The van der Waals surface area contributed by atoms with Crippen LogP contribution in [-0.2, 0) is 6.54 Å². The van der Waals surface area contributed by atoms with Gasteiger partial charge in [0.1, 0.15) is 29.0 Å². The lowest BCUT2D eigenvalue weighted by molar-refractivity contribution is 0.0943. The lowest BCUT2D eigenvalue weighted by atomic mass is 10.1. The Labute approximate surface area is 278 Å². The number of fused-ring (bicyclic) bond motifs is 3. The van der Waals surface area contributed by atoms with Crippen LogP contribution in [0.15, 0.2) is 66.3 Å². The molecule has 6 aromatic rings. The van der Waals surface area contributed by atoms with Crippen LogP contribution in [0.1, 0.15) is 33.0 Å². The first-order valence-corrected chi connectivity index (χ1v) is 15.2. The first-order chi connectivity index (χ1) is 23.3. The number of benzene rings is 2. The zero-order chi connectivity index (χ0) is 33.6. The van der Waals surface area contributed by atoms with Crippen LogP contribution in [0.2, 0.25) is 5.02 Å². The molecule has 6 rings (SSSR count). The number of oxime groups is 1. The molecule has 4 aromatic heterocycles. The second-order valence-electron chi connectivity index (χ2n) is 10.6. The molecule has 0 atom stereocenters. The van der Waals surface area contributed by atoms with E-state index in [1.165, 1.54) is 18.5 Å². The highest BCUT2D eigenvalue weighted by molar-refractivity contribution is 6.31. The van der Waals surface area contributed by atoms with E-state index in [9.17, 15) is 9.59 Å². The molecule has 16 heteroatoms. The summed E-state index contributed by atoms with van der Waals surface area (Å²) in [4.78, 5) is 47.4. The standard InChI is InChI=1S/C32H30ClN11O4/c1-48-20-4-6-23-22(14-20)27(21-5-3-19(33)13-24(21)42-23)35-7-2-8-36-31(45)25-11-18(15-41-47)12-26(43-25)32(46)37-9-10-44-17-40-28-29(34)38-16-39-30(28)44/h3-6,11-17,47H,2,7-10H2,1H3,(H,35,42)(H,36,45)(H,37,46)(H2,34,38,39)/b41-15+. The normalized spacial score (nSPS) is 11.4. The van der Waals surface area contributed by atoms with Gasteiger partial charge in [0.2, 0.25) is 0 Å². The van der Waals surface area contributed by atoms with Gasteiger partial charge in [0, 0.05) is 47.5 Å². The fourth-order valence-electron chi connectivity index (χ4n) is 5.18. The van der Waals surface area contributed by atoms with Crippen molar-refractivity contribution in [2.45, 2.75) is 13.0 Å². The number of carbonyl (C=O) groups is 2. The van der Waals surface area contributed by atoms with Crippen molar-refractivity contribution in [1.82, 2.24) is 40.1 Å². The Morgan fingerprint density at radius 1 is 0.958 bits per heavy atom. The molecule has 0 aliphatic carbocycles. The van der Waals surface area contributed by atoms with Gasteiger partial charge in [-0.3, -0.25) is 9.59 Å². The number of pyridine rings is 2. The Bertz CT molecular complexity index is 2190. The highest BCUT2D eigenvalue weighted by Gasteiger charge is 2.16. The number of nitrogens with zero attached hydrogens (tertiary/aromatic N) is 7. The number of aromatic nitrogens is 6. The third kappa shape index (κ3) is 6.85. The van der Waals surface area contributed by atoms with Gasteiger partial charge in [0.05, 0.1) is 36.4 Å². The summed E-state index contributed by atoms with van der Waals surface area (Å²) in [7, 11) is 1.61. The Kier molecular flexibility index (Phi) is 9.38. The average molecular weight is 668 g/mol. The minimum absolute atomic E-state index is 0.00613. The molecule has 0 radical (unpaired) electrons. The predicted molar refractivity (Wildman–Crippen MR) is 182 cm³/mol. The second kappa shape index (κ2) is 14.1. The number of rotatable bonds is 12. The number of nitrogens with two attached hydrogens (primary N) is 1. The lowest BCUT2D eigenvalue weighted by Crippen LogP contribution is -2.30. The summed E-state index contributed by atoms with van der Waals surface area (Å²) in [6, 6.07) is 14.1. The van der Waals surface area contributed by atoms with Crippen molar-refractivity contribution in [3.8, 4) is 5.75 Å². The first kappa shape index (κ1) is 31.9. The van der Waals surface area contributed by atoms with E-state index >= 15 is 0 Å². The van der Waals surface area contributed by atoms with Crippen LogP contribution in [-0.4, -0.2) is 79.5 Å². The topological polar surface area (TPSA) is 207 Å². The van der Waals surface area contributed by atoms with Gasteiger partial charge in [-0.1, -0.05) is 16.8 Å². The quantitative estimate of drug-likeness (QED) is 0.0418. The summed E-state index contributed by atoms with van der Waals surface area (Å²) in [5.74, 6) is -0.0399. The number of methoxy groups -OCH3 is 1. The third-order valence-electron chi connectivity index (χ3n) is 7.47. The highest BCUT2D eigenvalue weighted by Crippen LogP contribution is 2.34. The number of hydrogen-bond donors (Lipinski definition) is 5. The molecule has 0 aliphatic rings. The van der Waals surface area contributed by atoms with Gasteiger partial charge < -0.3 is 36.2 Å². The zero-order valence-electron chi connectivity index (χ0n) is 25.6. The average Bonchev–Trinajstić information content (AvgIpc) is 3.51. The van der Waals surface area contributed by atoms with Gasteiger partial charge in [0.15, 0.2) is 11.5 Å². The number of imidazole rings is 1. The maximum Gasteiger partial charge on any atom is 0.269 e. The molecular formula is C32H30ClN11O4.